The van der Waals surface area contributed by atoms with E-state index in [1.165, 1.54) is 30.5 Å². The lowest BCUT2D eigenvalue weighted by Gasteiger charge is -2.27. The Morgan fingerprint density at radius 3 is 2.73 bits per heavy atom. The van der Waals surface area contributed by atoms with E-state index in [2.05, 4.69) is 28.5 Å². The monoisotopic (exact) mass is 407 g/mol. The van der Waals surface area contributed by atoms with Crippen LogP contribution in [-0.4, -0.2) is 37.5 Å². The molecule has 0 radical (unpaired) electrons. The van der Waals surface area contributed by atoms with Crippen molar-refractivity contribution in [3.8, 4) is 11.3 Å². The molecule has 2 N–H and O–H groups in total. The molecule has 5 nitrogen and oxygen atoms in total. The number of hydrogen-bond donors (Lipinski definition) is 2. The highest BCUT2D eigenvalue weighted by Crippen LogP contribution is 2.41. The molecule has 0 spiro atoms. The maximum Gasteiger partial charge on any atom is 0.255 e. The van der Waals surface area contributed by atoms with Crippen molar-refractivity contribution >= 4 is 22.6 Å². The average molecular weight is 407 g/mol. The predicted octanol–water partition coefficient (Wildman–Crippen LogP) is 4.80. The summed E-state index contributed by atoms with van der Waals surface area (Å²) >= 11 is 0. The van der Waals surface area contributed by atoms with Crippen molar-refractivity contribution in [2.45, 2.75) is 25.8 Å². The number of carbonyl (C=O) groups excluding carboxylic acids is 1. The van der Waals surface area contributed by atoms with Gasteiger partial charge in [0.25, 0.3) is 5.91 Å². The number of furan rings is 1. The van der Waals surface area contributed by atoms with Gasteiger partial charge in [0.05, 0.1) is 5.56 Å². The van der Waals surface area contributed by atoms with Crippen LogP contribution in [0.25, 0.3) is 22.3 Å². The minimum atomic E-state index is -0.322. The van der Waals surface area contributed by atoms with Crippen molar-refractivity contribution in [3.05, 3.63) is 53.3 Å². The highest BCUT2D eigenvalue weighted by molar-refractivity contribution is 6.11. The second-order valence-electron chi connectivity index (χ2n) is 8.37. The molecule has 0 saturated heterocycles. The lowest BCUT2D eigenvalue weighted by molar-refractivity contribution is 0.0964. The Balaban J connectivity index is 1.65. The van der Waals surface area contributed by atoms with Crippen LogP contribution < -0.4 is 10.6 Å². The van der Waals surface area contributed by atoms with E-state index in [0.29, 0.717) is 22.5 Å². The Hall–Kier alpha value is -2.86. The van der Waals surface area contributed by atoms with Gasteiger partial charge in [-0.2, -0.15) is 0 Å². The summed E-state index contributed by atoms with van der Waals surface area (Å²) in [6.07, 6.45) is 2.65. The summed E-state index contributed by atoms with van der Waals surface area (Å²) in [6.45, 7) is 5.23. The van der Waals surface area contributed by atoms with Crippen molar-refractivity contribution in [3.63, 3.8) is 0 Å². The van der Waals surface area contributed by atoms with Crippen LogP contribution in [-0.2, 0) is 0 Å². The molecule has 6 heteroatoms. The molecule has 5 rings (SSSR count). The summed E-state index contributed by atoms with van der Waals surface area (Å²) in [5.41, 5.74) is 4.06. The Bertz CT molecular complexity index is 1100. The summed E-state index contributed by atoms with van der Waals surface area (Å²) in [6, 6.07) is 10.4. The zero-order valence-electron chi connectivity index (χ0n) is 17.3. The summed E-state index contributed by atoms with van der Waals surface area (Å²) in [4.78, 5) is 15.3. The van der Waals surface area contributed by atoms with Gasteiger partial charge in [0.1, 0.15) is 17.2 Å². The first-order valence-electron chi connectivity index (χ1n) is 10.6. The molecule has 1 aliphatic carbocycles. The fraction of sp³-hybridized carbons (Fsp3) is 0.375. The van der Waals surface area contributed by atoms with E-state index in [-0.39, 0.29) is 17.8 Å². The van der Waals surface area contributed by atoms with Gasteiger partial charge in [0.2, 0.25) is 0 Å². The van der Waals surface area contributed by atoms with E-state index in [1.807, 2.05) is 6.07 Å². The zero-order valence-corrected chi connectivity index (χ0v) is 17.3. The molecule has 30 heavy (non-hydrogen) atoms. The molecule has 1 aromatic heterocycles. The molecule has 1 fully saturated rings. The third kappa shape index (κ3) is 3.35. The van der Waals surface area contributed by atoms with E-state index >= 15 is 0 Å². The van der Waals surface area contributed by atoms with Gasteiger partial charge in [-0.15, -0.1) is 0 Å². The van der Waals surface area contributed by atoms with Crippen LogP contribution in [0.5, 0.6) is 0 Å². The van der Waals surface area contributed by atoms with Gasteiger partial charge in [0.15, 0.2) is 0 Å². The Kier molecular flexibility index (Phi) is 4.74. The van der Waals surface area contributed by atoms with E-state index in [9.17, 15) is 9.18 Å². The molecule has 1 saturated carbocycles. The fourth-order valence-corrected chi connectivity index (χ4v) is 4.42. The first kappa shape index (κ1) is 19.1. The first-order valence-corrected chi connectivity index (χ1v) is 10.6. The number of nitrogens with one attached hydrogen (secondary N) is 2. The average Bonchev–Trinajstić information content (AvgIpc) is 3.51. The smallest absolute Gasteiger partial charge is 0.255 e. The number of halogens is 1. The zero-order chi connectivity index (χ0) is 20.8. The Morgan fingerprint density at radius 1 is 1.27 bits per heavy atom. The maximum atomic E-state index is 13.4. The number of anilines is 1. The molecular formula is C24H26FN3O2. The third-order valence-electron chi connectivity index (χ3n) is 6.32. The van der Waals surface area contributed by atoms with Gasteiger partial charge in [-0.1, -0.05) is 0 Å². The number of hydrogen-bond acceptors (Lipinski definition) is 4. The third-order valence-corrected chi connectivity index (χ3v) is 6.32. The number of carbonyl (C=O) groups is 1. The van der Waals surface area contributed by atoms with E-state index in [0.717, 1.165) is 36.6 Å². The number of benzene rings is 2. The predicted molar refractivity (Wildman–Crippen MR) is 116 cm³/mol. The van der Waals surface area contributed by atoms with Gasteiger partial charge in [-0.25, -0.2) is 4.39 Å². The van der Waals surface area contributed by atoms with Crippen LogP contribution in [0, 0.1) is 11.7 Å². The molecule has 2 heterocycles. The van der Waals surface area contributed by atoms with Crippen LogP contribution >= 0.6 is 0 Å². The number of amides is 1. The molecule has 1 unspecified atom stereocenters. The second kappa shape index (κ2) is 7.43. The quantitative estimate of drug-likeness (QED) is 0.653. The minimum absolute atomic E-state index is 0.211. The van der Waals surface area contributed by atoms with Crippen molar-refractivity contribution < 1.29 is 13.6 Å². The number of fused-ring (bicyclic) bond motifs is 2. The molecule has 3 aromatic rings. The normalized spacial score (nSPS) is 19.2. The van der Waals surface area contributed by atoms with E-state index in [4.69, 9.17) is 4.42 Å². The first-order chi connectivity index (χ1) is 14.5. The Morgan fingerprint density at radius 2 is 2.03 bits per heavy atom. The molecule has 2 aromatic carbocycles. The van der Waals surface area contributed by atoms with Crippen molar-refractivity contribution in [1.29, 1.82) is 0 Å². The number of rotatable bonds is 4. The Labute approximate surface area is 175 Å². The molecular weight excluding hydrogens is 381 g/mol. The lowest BCUT2D eigenvalue weighted by Crippen LogP contribution is -2.31. The van der Waals surface area contributed by atoms with Crippen molar-refractivity contribution in [2.24, 2.45) is 5.92 Å². The molecule has 156 valence electrons. The van der Waals surface area contributed by atoms with E-state index < -0.39 is 0 Å². The second-order valence-corrected chi connectivity index (χ2v) is 8.37. The number of nitrogens with zero attached hydrogens (tertiary/aromatic N) is 1. The SMILES string of the molecule is CNC(=O)c1c(-c2ccc(F)cc2)oc2cc3c(cc12)C(C)N(CC1CC1)CCN3. The van der Waals surface area contributed by atoms with Crippen molar-refractivity contribution in [2.75, 3.05) is 32.0 Å². The molecule has 0 bridgehead atoms. The van der Waals surface area contributed by atoms with Crippen molar-refractivity contribution in [1.82, 2.24) is 10.2 Å². The summed E-state index contributed by atoms with van der Waals surface area (Å²) in [5.74, 6) is 0.749. The van der Waals surface area contributed by atoms with Gasteiger partial charge in [0, 0.05) is 55.4 Å². The van der Waals surface area contributed by atoms with Gasteiger partial charge < -0.3 is 15.1 Å². The highest BCUT2D eigenvalue weighted by Gasteiger charge is 2.30. The summed E-state index contributed by atoms with van der Waals surface area (Å²) in [5, 5.41) is 7.05. The van der Waals surface area contributed by atoms with Crippen LogP contribution in [0.1, 0.15) is 41.7 Å². The van der Waals surface area contributed by atoms with E-state index in [1.54, 1.807) is 19.2 Å². The van der Waals surface area contributed by atoms with Gasteiger partial charge in [-0.05, 0) is 61.6 Å². The molecule has 1 atom stereocenters. The van der Waals surface area contributed by atoms with Crippen LogP contribution in [0.15, 0.2) is 40.8 Å². The highest BCUT2D eigenvalue weighted by atomic mass is 19.1. The van der Waals surface area contributed by atoms with Gasteiger partial charge in [-0.3, -0.25) is 9.69 Å². The minimum Gasteiger partial charge on any atom is -0.455 e. The maximum absolute atomic E-state index is 13.4. The topological polar surface area (TPSA) is 57.5 Å². The molecule has 1 amide bonds. The molecule has 2 aliphatic rings. The fourth-order valence-electron chi connectivity index (χ4n) is 4.42. The van der Waals surface area contributed by atoms with Gasteiger partial charge >= 0.3 is 0 Å². The largest absolute Gasteiger partial charge is 0.455 e. The summed E-state index contributed by atoms with van der Waals surface area (Å²) in [7, 11) is 1.61. The standard InChI is InChI=1S/C24H26FN3O2/c1-14-18-11-19-21(12-20(18)27-9-10-28(14)13-15-3-4-15)30-23(22(19)24(29)26-2)16-5-7-17(25)8-6-16/h5-8,11-12,14-15,27H,3-4,9-10,13H2,1-2H3,(H,26,29). The van der Waals surface area contributed by atoms with Crippen LogP contribution in [0.4, 0.5) is 10.1 Å². The summed E-state index contributed by atoms with van der Waals surface area (Å²) < 4.78 is 19.6. The lowest BCUT2D eigenvalue weighted by atomic mass is 9.99. The molecule has 1 aliphatic heterocycles. The van der Waals surface area contributed by atoms with Crippen LogP contribution in [0.3, 0.4) is 0 Å². The van der Waals surface area contributed by atoms with Crippen LogP contribution in [0.2, 0.25) is 0 Å².